The van der Waals surface area contributed by atoms with Crippen molar-refractivity contribution in [1.82, 2.24) is 10.2 Å². The lowest BCUT2D eigenvalue weighted by Gasteiger charge is -2.30. The number of carbonyl (C=O) groups is 2. The van der Waals surface area contributed by atoms with Crippen LogP contribution < -0.4 is 9.62 Å². The monoisotopic (exact) mass is 595 g/mol. The summed E-state index contributed by atoms with van der Waals surface area (Å²) in [6.45, 7) is 3.54. The molecule has 2 amide bonds. The number of halogens is 5. The molecule has 0 saturated heterocycles. The second-order valence-electron chi connectivity index (χ2n) is 8.68. The van der Waals surface area contributed by atoms with Crippen molar-refractivity contribution in [3.63, 3.8) is 0 Å². The van der Waals surface area contributed by atoms with Gasteiger partial charge in [0.05, 0.1) is 17.5 Å². The van der Waals surface area contributed by atoms with Gasteiger partial charge >= 0.3 is 6.18 Å². The van der Waals surface area contributed by atoms with Crippen molar-refractivity contribution in [2.75, 3.05) is 23.7 Å². The zero-order valence-electron chi connectivity index (χ0n) is 21.2. The quantitative estimate of drug-likeness (QED) is 0.351. The lowest BCUT2D eigenvalue weighted by atomic mass is 10.1. The first-order valence-corrected chi connectivity index (χ1v) is 14.4. The van der Waals surface area contributed by atoms with E-state index in [1.807, 2.05) is 6.92 Å². The summed E-state index contributed by atoms with van der Waals surface area (Å²) in [5.74, 6) is -0.859. The molecule has 0 aliphatic heterocycles. The molecule has 1 N–H and O–H groups in total. The molecule has 7 nitrogen and oxygen atoms in total. The molecule has 0 fully saturated rings. The summed E-state index contributed by atoms with van der Waals surface area (Å²) in [5.41, 5.74) is -0.711. The Balaban J connectivity index is 2.25. The first kappa shape index (κ1) is 31.7. The van der Waals surface area contributed by atoms with Crippen LogP contribution in [0.25, 0.3) is 0 Å². The molecule has 0 bridgehead atoms. The summed E-state index contributed by atoms with van der Waals surface area (Å²) >= 11 is 12.6. The predicted octanol–water partition coefficient (Wildman–Crippen LogP) is 5.50. The molecule has 0 spiro atoms. The van der Waals surface area contributed by atoms with Crippen LogP contribution in [0.3, 0.4) is 0 Å². The number of hydrogen-bond donors (Lipinski definition) is 1. The number of anilines is 1. The van der Waals surface area contributed by atoms with Crippen molar-refractivity contribution >= 4 is 50.7 Å². The number of nitrogens with zero attached hydrogens (tertiary/aromatic N) is 2. The van der Waals surface area contributed by atoms with Crippen molar-refractivity contribution in [3.8, 4) is 0 Å². The van der Waals surface area contributed by atoms with Gasteiger partial charge in [0.2, 0.25) is 21.8 Å². The van der Waals surface area contributed by atoms with Crippen LogP contribution in [0.5, 0.6) is 0 Å². The Morgan fingerprint density at radius 1 is 1.08 bits per heavy atom. The highest BCUT2D eigenvalue weighted by atomic mass is 35.5. The highest BCUT2D eigenvalue weighted by molar-refractivity contribution is 7.92. The third-order valence-electron chi connectivity index (χ3n) is 5.72. The maximum Gasteiger partial charge on any atom is 0.416 e. The van der Waals surface area contributed by atoms with E-state index in [-0.39, 0.29) is 37.5 Å². The maximum atomic E-state index is 13.3. The molecule has 2 rings (SSSR count). The zero-order valence-corrected chi connectivity index (χ0v) is 23.5. The summed E-state index contributed by atoms with van der Waals surface area (Å²) in [4.78, 5) is 27.3. The van der Waals surface area contributed by atoms with Gasteiger partial charge in [-0.15, -0.1) is 0 Å². The van der Waals surface area contributed by atoms with Crippen LogP contribution in [0.2, 0.25) is 10.0 Å². The van der Waals surface area contributed by atoms with Gasteiger partial charge in [0.25, 0.3) is 0 Å². The summed E-state index contributed by atoms with van der Waals surface area (Å²) in [6.07, 6.45) is -3.28. The van der Waals surface area contributed by atoms with E-state index >= 15 is 0 Å². The van der Waals surface area contributed by atoms with Crippen LogP contribution >= 0.6 is 23.2 Å². The lowest BCUT2D eigenvalue weighted by Crippen LogP contribution is -2.48. The van der Waals surface area contributed by atoms with Gasteiger partial charge in [-0.25, -0.2) is 8.42 Å². The number of alkyl halides is 3. The molecule has 0 aliphatic carbocycles. The third kappa shape index (κ3) is 8.78. The Bertz CT molecular complexity index is 1220. The van der Waals surface area contributed by atoms with Gasteiger partial charge in [-0.3, -0.25) is 13.9 Å². The highest BCUT2D eigenvalue weighted by Gasteiger charge is 2.32. The molecule has 0 saturated carbocycles. The second kappa shape index (κ2) is 13.5. The van der Waals surface area contributed by atoms with Gasteiger partial charge in [-0.2, -0.15) is 13.2 Å². The average Bonchev–Trinajstić information content (AvgIpc) is 2.83. The van der Waals surface area contributed by atoms with Gasteiger partial charge in [0, 0.05) is 41.7 Å². The Morgan fingerprint density at radius 3 is 2.24 bits per heavy atom. The standard InChI is InChI=1S/C25H30Cl2F3N3O4S/c1-4-13-31-24(35)17(2)32(16-20-21(26)10-6-11-22(20)27)23(34)12-7-14-33(38(3,36)37)19-9-5-8-18(15-19)25(28,29)30/h5-6,8-11,15,17H,4,7,12-14,16H2,1-3H3,(H,31,35)/t17-/m0/s1. The van der Waals surface area contributed by atoms with Crippen LogP contribution in [0.15, 0.2) is 42.5 Å². The van der Waals surface area contributed by atoms with E-state index in [2.05, 4.69) is 5.32 Å². The number of sulfonamides is 1. The normalized spacial score (nSPS) is 12.6. The molecule has 0 unspecified atom stereocenters. The van der Waals surface area contributed by atoms with Crippen LogP contribution in [-0.2, 0) is 32.3 Å². The zero-order chi connectivity index (χ0) is 28.7. The van der Waals surface area contributed by atoms with E-state index in [1.165, 1.54) is 11.0 Å². The fourth-order valence-corrected chi connectivity index (χ4v) is 5.15. The van der Waals surface area contributed by atoms with E-state index in [0.717, 1.165) is 28.8 Å². The Morgan fingerprint density at radius 2 is 1.68 bits per heavy atom. The Kier molecular flexibility index (Phi) is 11.3. The molecule has 2 aromatic rings. The maximum absolute atomic E-state index is 13.3. The summed E-state index contributed by atoms with van der Waals surface area (Å²) in [6, 6.07) is 7.92. The Labute approximate surface area is 230 Å². The number of carbonyl (C=O) groups excluding carboxylic acids is 2. The molecular formula is C25H30Cl2F3N3O4S. The van der Waals surface area contributed by atoms with Crippen molar-refractivity contribution < 1.29 is 31.2 Å². The van der Waals surface area contributed by atoms with E-state index < -0.39 is 33.7 Å². The molecule has 0 heterocycles. The number of hydrogen-bond acceptors (Lipinski definition) is 4. The minimum atomic E-state index is -4.65. The van der Waals surface area contributed by atoms with Gasteiger partial charge in [0.1, 0.15) is 6.04 Å². The van der Waals surface area contributed by atoms with E-state index in [4.69, 9.17) is 23.2 Å². The molecule has 0 aromatic heterocycles. The fraction of sp³-hybridized carbons (Fsp3) is 0.440. The number of benzene rings is 2. The van der Waals surface area contributed by atoms with Crippen molar-refractivity contribution in [1.29, 1.82) is 0 Å². The molecule has 0 aliphatic rings. The fourth-order valence-electron chi connectivity index (χ4n) is 3.67. The molecule has 210 valence electrons. The smallest absolute Gasteiger partial charge is 0.354 e. The average molecular weight is 596 g/mol. The van der Waals surface area contributed by atoms with Crippen LogP contribution in [0.4, 0.5) is 18.9 Å². The van der Waals surface area contributed by atoms with Gasteiger partial charge in [0.15, 0.2) is 0 Å². The van der Waals surface area contributed by atoms with Gasteiger partial charge in [-0.1, -0.05) is 42.3 Å². The minimum Gasteiger partial charge on any atom is -0.354 e. The van der Waals surface area contributed by atoms with Crippen LogP contribution in [-0.4, -0.2) is 50.5 Å². The summed E-state index contributed by atoms with van der Waals surface area (Å²) in [7, 11) is -3.96. The molecule has 38 heavy (non-hydrogen) atoms. The topological polar surface area (TPSA) is 86.8 Å². The number of rotatable bonds is 12. The van der Waals surface area contributed by atoms with Crippen molar-refractivity contribution in [2.24, 2.45) is 0 Å². The third-order valence-corrected chi connectivity index (χ3v) is 7.62. The van der Waals surface area contributed by atoms with Gasteiger partial charge in [-0.05, 0) is 50.1 Å². The molecule has 1 atom stereocenters. The largest absolute Gasteiger partial charge is 0.416 e. The van der Waals surface area contributed by atoms with E-state index in [9.17, 15) is 31.2 Å². The van der Waals surface area contributed by atoms with Crippen LogP contribution in [0, 0.1) is 0 Å². The first-order chi connectivity index (χ1) is 17.7. The lowest BCUT2D eigenvalue weighted by molar-refractivity contribution is -0.140. The van der Waals surface area contributed by atoms with E-state index in [1.54, 1.807) is 25.1 Å². The second-order valence-corrected chi connectivity index (χ2v) is 11.4. The first-order valence-electron chi connectivity index (χ1n) is 11.8. The summed E-state index contributed by atoms with van der Waals surface area (Å²) < 4.78 is 65.1. The SMILES string of the molecule is CCCNC(=O)[C@H](C)N(Cc1c(Cl)cccc1Cl)C(=O)CCCN(c1cccc(C(F)(F)F)c1)S(C)(=O)=O. The van der Waals surface area contributed by atoms with Crippen molar-refractivity contribution in [2.45, 2.75) is 51.9 Å². The van der Waals surface area contributed by atoms with Crippen LogP contribution in [0.1, 0.15) is 44.2 Å². The van der Waals surface area contributed by atoms with Gasteiger partial charge < -0.3 is 10.2 Å². The highest BCUT2D eigenvalue weighted by Crippen LogP contribution is 2.32. The predicted molar refractivity (Wildman–Crippen MR) is 143 cm³/mol. The molecular weight excluding hydrogens is 566 g/mol. The summed E-state index contributed by atoms with van der Waals surface area (Å²) in [5, 5.41) is 3.36. The minimum absolute atomic E-state index is 0.0157. The van der Waals surface area contributed by atoms with Crippen molar-refractivity contribution in [3.05, 3.63) is 63.6 Å². The molecule has 13 heteroatoms. The molecule has 2 aromatic carbocycles. The Hall–Kier alpha value is -2.50. The number of nitrogens with one attached hydrogen (secondary N) is 1. The number of amides is 2. The van der Waals surface area contributed by atoms with E-state index in [0.29, 0.717) is 28.6 Å². The molecule has 0 radical (unpaired) electrons.